The highest BCUT2D eigenvalue weighted by Crippen LogP contribution is 2.07. The minimum atomic E-state index is -0.647. The van der Waals surface area contributed by atoms with E-state index in [2.05, 4.69) is 9.97 Å². The third-order valence-electron chi connectivity index (χ3n) is 2.19. The lowest BCUT2D eigenvalue weighted by atomic mass is 10.2. The number of aromatic nitrogens is 2. The van der Waals surface area contributed by atoms with Crippen molar-refractivity contribution in [3.8, 4) is 0 Å². The fourth-order valence-corrected chi connectivity index (χ4v) is 1.25. The number of nitrogens with two attached hydrogens (primary N) is 1. The van der Waals surface area contributed by atoms with Crippen LogP contribution in [0, 0.1) is 0 Å². The first-order valence-electron chi connectivity index (χ1n) is 4.77. The van der Waals surface area contributed by atoms with Crippen molar-refractivity contribution >= 4 is 5.97 Å². The van der Waals surface area contributed by atoms with E-state index in [1.165, 1.54) is 0 Å². The number of carbonyl (C=O) groups is 1. The number of aromatic amines is 1. The quantitative estimate of drug-likeness (QED) is 0.638. The molecular weight excluding hydrogens is 198 g/mol. The van der Waals surface area contributed by atoms with Crippen LogP contribution in [0.2, 0.25) is 0 Å². The number of imidazole rings is 1. The van der Waals surface area contributed by atoms with E-state index in [0.717, 1.165) is 5.69 Å². The summed E-state index contributed by atoms with van der Waals surface area (Å²) in [7, 11) is 0. The zero-order valence-electron chi connectivity index (χ0n) is 8.18. The fraction of sp³-hybridized carbons (Fsp3) is 0.556. The van der Waals surface area contributed by atoms with Crippen LogP contribution in [0.25, 0.3) is 0 Å². The van der Waals surface area contributed by atoms with Crippen LogP contribution in [-0.4, -0.2) is 41.3 Å². The highest BCUT2D eigenvalue weighted by Gasteiger charge is 2.26. The molecule has 0 spiro atoms. The first-order chi connectivity index (χ1) is 7.25. The molecule has 0 amide bonds. The van der Waals surface area contributed by atoms with Crippen molar-refractivity contribution in [1.29, 1.82) is 0 Å². The Morgan fingerprint density at radius 1 is 1.80 bits per heavy atom. The Hall–Kier alpha value is -1.40. The predicted octanol–water partition coefficient (Wildman–Crippen LogP) is -0.779. The Morgan fingerprint density at radius 3 is 3.13 bits per heavy atom. The van der Waals surface area contributed by atoms with Crippen molar-refractivity contribution < 1.29 is 14.3 Å². The Bertz CT molecular complexity index is 321. The molecule has 0 aliphatic carbocycles. The fourth-order valence-electron chi connectivity index (χ4n) is 1.25. The maximum Gasteiger partial charge on any atom is 0.323 e. The molecule has 0 aromatic carbocycles. The second-order valence-corrected chi connectivity index (χ2v) is 3.48. The molecule has 1 saturated heterocycles. The van der Waals surface area contributed by atoms with Crippen molar-refractivity contribution in [2.24, 2.45) is 5.73 Å². The van der Waals surface area contributed by atoms with Crippen LogP contribution in [0.1, 0.15) is 5.69 Å². The number of rotatable bonds is 4. The third-order valence-corrected chi connectivity index (χ3v) is 2.19. The molecule has 2 heterocycles. The summed E-state index contributed by atoms with van der Waals surface area (Å²) in [5.41, 5.74) is 6.50. The summed E-state index contributed by atoms with van der Waals surface area (Å²) in [5, 5.41) is 0. The molecule has 1 aliphatic rings. The molecule has 1 aliphatic heterocycles. The van der Waals surface area contributed by atoms with E-state index in [1.54, 1.807) is 12.5 Å². The summed E-state index contributed by atoms with van der Waals surface area (Å²) in [6.45, 7) is 0.949. The number of carbonyl (C=O) groups excluding carboxylic acids is 1. The number of hydrogen-bond donors (Lipinski definition) is 2. The average molecular weight is 211 g/mol. The minimum Gasteiger partial charge on any atom is -0.456 e. The highest BCUT2D eigenvalue weighted by atomic mass is 16.6. The van der Waals surface area contributed by atoms with Crippen LogP contribution in [-0.2, 0) is 20.7 Å². The summed E-state index contributed by atoms with van der Waals surface area (Å²) >= 11 is 0. The number of hydrogen-bond acceptors (Lipinski definition) is 5. The van der Waals surface area contributed by atoms with Crippen molar-refractivity contribution in [2.45, 2.75) is 18.6 Å². The first kappa shape index (κ1) is 10.1. The molecule has 0 saturated carbocycles. The van der Waals surface area contributed by atoms with Gasteiger partial charge >= 0.3 is 5.97 Å². The SMILES string of the molecule is N[C@H](Cc1cnc[nH]1)C(=O)OC1COC1. The molecule has 1 aromatic rings. The monoisotopic (exact) mass is 211 g/mol. The second-order valence-electron chi connectivity index (χ2n) is 3.48. The number of ether oxygens (including phenoxy) is 2. The number of nitrogens with zero attached hydrogens (tertiary/aromatic N) is 1. The van der Waals surface area contributed by atoms with Gasteiger partial charge < -0.3 is 20.2 Å². The standard InChI is InChI=1S/C9H13N3O3/c10-8(1-6-2-11-5-12-6)9(13)15-7-3-14-4-7/h2,5,7-8H,1,3-4,10H2,(H,11,12)/t8-/m1/s1. The van der Waals surface area contributed by atoms with E-state index in [9.17, 15) is 4.79 Å². The van der Waals surface area contributed by atoms with Gasteiger partial charge in [0.05, 0.1) is 19.5 Å². The molecule has 0 unspecified atom stereocenters. The Balaban J connectivity index is 1.79. The van der Waals surface area contributed by atoms with Gasteiger partial charge in [-0.25, -0.2) is 4.98 Å². The topological polar surface area (TPSA) is 90.2 Å². The van der Waals surface area contributed by atoms with E-state index in [4.69, 9.17) is 15.2 Å². The predicted molar refractivity (Wildman–Crippen MR) is 51.0 cm³/mol. The van der Waals surface area contributed by atoms with E-state index in [1.807, 2.05) is 0 Å². The van der Waals surface area contributed by atoms with Crippen molar-refractivity contribution in [2.75, 3.05) is 13.2 Å². The summed E-state index contributed by atoms with van der Waals surface area (Å²) < 4.78 is 9.96. The molecule has 0 radical (unpaired) electrons. The lowest BCUT2D eigenvalue weighted by molar-refractivity contribution is -0.173. The molecule has 15 heavy (non-hydrogen) atoms. The summed E-state index contributed by atoms with van der Waals surface area (Å²) in [6.07, 6.45) is 3.48. The van der Waals surface area contributed by atoms with Gasteiger partial charge in [-0.05, 0) is 0 Å². The van der Waals surface area contributed by atoms with Gasteiger partial charge in [0, 0.05) is 18.3 Å². The minimum absolute atomic E-state index is 0.120. The molecule has 3 N–H and O–H groups in total. The normalized spacial score (nSPS) is 18.2. The second kappa shape index (κ2) is 4.41. The molecule has 6 nitrogen and oxygen atoms in total. The van der Waals surface area contributed by atoms with E-state index in [0.29, 0.717) is 19.6 Å². The Labute approximate surface area is 86.8 Å². The number of nitrogens with one attached hydrogen (secondary N) is 1. The number of H-pyrrole nitrogens is 1. The Morgan fingerprint density at radius 2 is 2.60 bits per heavy atom. The molecule has 6 heteroatoms. The summed E-state index contributed by atoms with van der Waals surface area (Å²) in [4.78, 5) is 18.2. The van der Waals surface area contributed by atoms with Crippen LogP contribution in [0.3, 0.4) is 0 Å². The third kappa shape index (κ3) is 2.54. The molecule has 1 fully saturated rings. The van der Waals surface area contributed by atoms with Gasteiger partial charge in [-0.15, -0.1) is 0 Å². The lowest BCUT2D eigenvalue weighted by Crippen LogP contribution is -2.43. The molecule has 0 bridgehead atoms. The van der Waals surface area contributed by atoms with Gasteiger partial charge in [0.1, 0.15) is 12.1 Å². The van der Waals surface area contributed by atoms with Gasteiger partial charge in [0.2, 0.25) is 0 Å². The number of esters is 1. The summed E-state index contributed by atoms with van der Waals surface area (Å²) in [5.74, 6) is -0.391. The van der Waals surface area contributed by atoms with Crippen LogP contribution < -0.4 is 5.73 Å². The van der Waals surface area contributed by atoms with Crippen LogP contribution in [0.4, 0.5) is 0 Å². The zero-order chi connectivity index (χ0) is 10.7. The van der Waals surface area contributed by atoms with Crippen LogP contribution >= 0.6 is 0 Å². The molecular formula is C9H13N3O3. The molecule has 82 valence electrons. The van der Waals surface area contributed by atoms with Gasteiger partial charge in [-0.3, -0.25) is 4.79 Å². The Kier molecular flexibility index (Phi) is 2.98. The largest absolute Gasteiger partial charge is 0.456 e. The smallest absolute Gasteiger partial charge is 0.323 e. The highest BCUT2D eigenvalue weighted by molar-refractivity contribution is 5.76. The van der Waals surface area contributed by atoms with E-state index < -0.39 is 12.0 Å². The zero-order valence-corrected chi connectivity index (χ0v) is 8.18. The van der Waals surface area contributed by atoms with E-state index in [-0.39, 0.29) is 6.10 Å². The average Bonchev–Trinajstić information content (AvgIpc) is 2.63. The van der Waals surface area contributed by atoms with Gasteiger partial charge in [-0.1, -0.05) is 0 Å². The van der Waals surface area contributed by atoms with Gasteiger partial charge in [-0.2, -0.15) is 0 Å². The maximum absolute atomic E-state index is 11.4. The van der Waals surface area contributed by atoms with Crippen molar-refractivity contribution in [3.63, 3.8) is 0 Å². The van der Waals surface area contributed by atoms with Crippen LogP contribution in [0.5, 0.6) is 0 Å². The molecule has 1 aromatic heterocycles. The van der Waals surface area contributed by atoms with E-state index >= 15 is 0 Å². The maximum atomic E-state index is 11.4. The first-order valence-corrected chi connectivity index (χ1v) is 4.77. The molecule has 2 rings (SSSR count). The van der Waals surface area contributed by atoms with Crippen LogP contribution in [0.15, 0.2) is 12.5 Å². The summed E-state index contributed by atoms with van der Waals surface area (Å²) in [6, 6.07) is -0.647. The lowest BCUT2D eigenvalue weighted by Gasteiger charge is -2.26. The molecule has 1 atom stereocenters. The van der Waals surface area contributed by atoms with Crippen molar-refractivity contribution in [1.82, 2.24) is 9.97 Å². The van der Waals surface area contributed by atoms with Gasteiger partial charge in [0.25, 0.3) is 0 Å². The van der Waals surface area contributed by atoms with Crippen molar-refractivity contribution in [3.05, 3.63) is 18.2 Å². The van der Waals surface area contributed by atoms with Gasteiger partial charge in [0.15, 0.2) is 0 Å².